The summed E-state index contributed by atoms with van der Waals surface area (Å²) < 4.78 is 2.04. The summed E-state index contributed by atoms with van der Waals surface area (Å²) in [4.78, 5) is 22.8. The highest BCUT2D eigenvalue weighted by Crippen LogP contribution is 2.17. The smallest absolute Gasteiger partial charge is 0.263 e. The number of aldehydes is 1. The lowest BCUT2D eigenvalue weighted by Crippen LogP contribution is -2.14. The van der Waals surface area contributed by atoms with Crippen LogP contribution in [0.4, 0.5) is 0 Å². The Morgan fingerprint density at radius 1 is 1.19 bits per heavy atom. The standard InChI is InChI=1S/C12H8BrNO2/c13-11-6-2-1-5-10(11)12(16)14-7-3-4-9(14)8-15/h1-8H. The largest absolute Gasteiger partial charge is 0.296 e. The third-order valence-corrected chi connectivity index (χ3v) is 2.92. The number of hydrogen-bond acceptors (Lipinski definition) is 2. The van der Waals surface area contributed by atoms with Crippen LogP contribution in [0.3, 0.4) is 0 Å². The van der Waals surface area contributed by atoms with Crippen molar-refractivity contribution in [3.05, 3.63) is 58.3 Å². The Hall–Kier alpha value is -1.68. The Bertz CT molecular complexity index is 545. The average molecular weight is 278 g/mol. The second kappa shape index (κ2) is 4.45. The van der Waals surface area contributed by atoms with Gasteiger partial charge in [-0.2, -0.15) is 0 Å². The van der Waals surface area contributed by atoms with Gasteiger partial charge in [-0.25, -0.2) is 0 Å². The van der Waals surface area contributed by atoms with Crippen LogP contribution < -0.4 is 0 Å². The Morgan fingerprint density at radius 2 is 1.94 bits per heavy atom. The van der Waals surface area contributed by atoms with Gasteiger partial charge >= 0.3 is 0 Å². The molecule has 0 aliphatic carbocycles. The molecule has 0 aliphatic heterocycles. The molecule has 0 fully saturated rings. The molecule has 0 saturated heterocycles. The topological polar surface area (TPSA) is 39.1 Å². The second-order valence-electron chi connectivity index (χ2n) is 3.21. The molecular weight excluding hydrogens is 270 g/mol. The molecule has 3 nitrogen and oxygen atoms in total. The van der Waals surface area contributed by atoms with Crippen molar-refractivity contribution < 1.29 is 9.59 Å². The Morgan fingerprint density at radius 3 is 2.62 bits per heavy atom. The lowest BCUT2D eigenvalue weighted by atomic mass is 10.2. The highest BCUT2D eigenvalue weighted by atomic mass is 79.9. The highest BCUT2D eigenvalue weighted by molar-refractivity contribution is 9.10. The molecular formula is C12H8BrNO2. The van der Waals surface area contributed by atoms with Gasteiger partial charge in [0.05, 0.1) is 11.3 Å². The molecule has 0 aliphatic rings. The van der Waals surface area contributed by atoms with Gasteiger partial charge in [0.2, 0.25) is 0 Å². The molecule has 0 bridgehead atoms. The predicted molar refractivity (Wildman–Crippen MR) is 63.7 cm³/mol. The van der Waals surface area contributed by atoms with Crippen molar-refractivity contribution in [3.63, 3.8) is 0 Å². The van der Waals surface area contributed by atoms with Gasteiger partial charge in [-0.3, -0.25) is 14.2 Å². The van der Waals surface area contributed by atoms with Gasteiger partial charge in [-0.15, -0.1) is 0 Å². The van der Waals surface area contributed by atoms with E-state index >= 15 is 0 Å². The molecule has 2 aromatic rings. The minimum atomic E-state index is -0.223. The quantitative estimate of drug-likeness (QED) is 0.792. The number of rotatable bonds is 2. The van der Waals surface area contributed by atoms with Gasteiger partial charge in [-0.05, 0) is 40.2 Å². The summed E-state index contributed by atoms with van der Waals surface area (Å²) >= 11 is 3.31. The minimum absolute atomic E-state index is 0.223. The van der Waals surface area contributed by atoms with Crippen molar-refractivity contribution in [2.75, 3.05) is 0 Å². The summed E-state index contributed by atoms with van der Waals surface area (Å²) in [6.45, 7) is 0. The van der Waals surface area contributed by atoms with Crippen molar-refractivity contribution in [2.24, 2.45) is 0 Å². The van der Waals surface area contributed by atoms with Crippen LogP contribution in [0.5, 0.6) is 0 Å². The summed E-state index contributed by atoms with van der Waals surface area (Å²) in [7, 11) is 0. The monoisotopic (exact) mass is 277 g/mol. The molecule has 0 spiro atoms. The minimum Gasteiger partial charge on any atom is -0.296 e. The van der Waals surface area contributed by atoms with E-state index < -0.39 is 0 Å². The summed E-state index contributed by atoms with van der Waals surface area (Å²) in [5.41, 5.74) is 0.877. The van der Waals surface area contributed by atoms with Crippen LogP contribution in [0.15, 0.2) is 47.1 Å². The molecule has 0 atom stereocenters. The SMILES string of the molecule is O=Cc1cccn1C(=O)c1ccccc1Br. The first kappa shape index (κ1) is 10.8. The number of carbonyl (C=O) groups excluding carboxylic acids is 2. The van der Waals surface area contributed by atoms with Crippen molar-refractivity contribution in [2.45, 2.75) is 0 Å². The Balaban J connectivity index is 2.47. The van der Waals surface area contributed by atoms with Gasteiger partial charge in [0, 0.05) is 10.7 Å². The van der Waals surface area contributed by atoms with Gasteiger partial charge in [0.25, 0.3) is 5.91 Å². The fourth-order valence-electron chi connectivity index (χ4n) is 1.44. The molecule has 0 radical (unpaired) electrons. The van der Waals surface area contributed by atoms with Crippen LogP contribution in [0, 0.1) is 0 Å². The van der Waals surface area contributed by atoms with E-state index in [4.69, 9.17) is 0 Å². The molecule has 0 unspecified atom stereocenters. The van der Waals surface area contributed by atoms with E-state index in [1.165, 1.54) is 4.57 Å². The first-order valence-corrected chi connectivity index (χ1v) is 5.45. The predicted octanol–water partition coefficient (Wildman–Crippen LogP) is 2.75. The first-order valence-electron chi connectivity index (χ1n) is 4.66. The molecule has 16 heavy (non-hydrogen) atoms. The van der Waals surface area contributed by atoms with Crippen LogP contribution in [0.2, 0.25) is 0 Å². The van der Waals surface area contributed by atoms with E-state index in [9.17, 15) is 9.59 Å². The van der Waals surface area contributed by atoms with Crippen molar-refractivity contribution >= 4 is 28.1 Å². The number of benzene rings is 1. The maximum atomic E-state index is 12.1. The van der Waals surface area contributed by atoms with E-state index in [0.29, 0.717) is 22.0 Å². The molecule has 1 aromatic heterocycles. The molecule has 1 heterocycles. The third kappa shape index (κ3) is 1.84. The fraction of sp³-hybridized carbons (Fsp3) is 0. The lowest BCUT2D eigenvalue weighted by Gasteiger charge is -2.05. The zero-order valence-electron chi connectivity index (χ0n) is 8.26. The maximum absolute atomic E-state index is 12.1. The molecule has 4 heteroatoms. The van der Waals surface area contributed by atoms with E-state index in [0.717, 1.165) is 0 Å². The van der Waals surface area contributed by atoms with Crippen LogP contribution in [-0.2, 0) is 0 Å². The van der Waals surface area contributed by atoms with E-state index in [2.05, 4.69) is 15.9 Å². The normalized spacial score (nSPS) is 10.1. The summed E-state index contributed by atoms with van der Waals surface area (Å²) in [5, 5.41) is 0. The zero-order chi connectivity index (χ0) is 11.5. The average Bonchev–Trinajstić information content (AvgIpc) is 2.77. The van der Waals surface area contributed by atoms with Crippen molar-refractivity contribution in [3.8, 4) is 0 Å². The fourth-order valence-corrected chi connectivity index (χ4v) is 1.89. The van der Waals surface area contributed by atoms with Crippen LogP contribution in [0.1, 0.15) is 20.8 Å². The van der Waals surface area contributed by atoms with Crippen LogP contribution in [0.25, 0.3) is 0 Å². The molecule has 2 rings (SSSR count). The summed E-state index contributed by atoms with van der Waals surface area (Å²) in [6.07, 6.45) is 2.24. The maximum Gasteiger partial charge on any atom is 0.263 e. The summed E-state index contributed by atoms with van der Waals surface area (Å²) in [5.74, 6) is -0.223. The van der Waals surface area contributed by atoms with Gasteiger partial charge in [0.15, 0.2) is 6.29 Å². The van der Waals surface area contributed by atoms with Crippen LogP contribution >= 0.6 is 15.9 Å². The van der Waals surface area contributed by atoms with E-state index in [1.807, 2.05) is 6.07 Å². The van der Waals surface area contributed by atoms with Crippen LogP contribution in [-0.4, -0.2) is 16.8 Å². The zero-order valence-corrected chi connectivity index (χ0v) is 9.85. The summed E-state index contributed by atoms with van der Waals surface area (Å²) in [6, 6.07) is 10.4. The Labute approximate surface area is 101 Å². The third-order valence-electron chi connectivity index (χ3n) is 2.22. The van der Waals surface area contributed by atoms with Crippen molar-refractivity contribution in [1.82, 2.24) is 4.57 Å². The van der Waals surface area contributed by atoms with E-state index in [-0.39, 0.29) is 5.91 Å². The van der Waals surface area contributed by atoms with Gasteiger partial charge in [0.1, 0.15) is 0 Å². The highest BCUT2D eigenvalue weighted by Gasteiger charge is 2.13. The molecule has 80 valence electrons. The number of halogens is 1. The van der Waals surface area contributed by atoms with Crippen molar-refractivity contribution in [1.29, 1.82) is 0 Å². The molecule has 0 saturated carbocycles. The number of nitrogens with zero attached hydrogens (tertiary/aromatic N) is 1. The number of carbonyl (C=O) groups is 2. The number of hydrogen-bond donors (Lipinski definition) is 0. The second-order valence-corrected chi connectivity index (χ2v) is 4.06. The first-order chi connectivity index (χ1) is 7.74. The molecule has 0 N–H and O–H groups in total. The van der Waals surface area contributed by atoms with Gasteiger partial charge < -0.3 is 0 Å². The van der Waals surface area contributed by atoms with Gasteiger partial charge in [-0.1, -0.05) is 12.1 Å². The number of aromatic nitrogens is 1. The molecule has 1 aromatic carbocycles. The Kier molecular flexibility index (Phi) is 3.01. The lowest BCUT2D eigenvalue weighted by molar-refractivity contribution is 0.0946. The molecule has 0 amide bonds. The van der Waals surface area contributed by atoms with E-state index in [1.54, 1.807) is 36.5 Å².